The smallest absolute Gasteiger partial charge is 0.264 e. The zero-order valence-corrected chi connectivity index (χ0v) is 14.4. The number of anilines is 1. The van der Waals surface area contributed by atoms with Crippen LogP contribution in [0.2, 0.25) is 5.02 Å². The molecule has 2 aromatic carbocycles. The van der Waals surface area contributed by atoms with Gasteiger partial charge >= 0.3 is 0 Å². The molecule has 0 saturated heterocycles. The van der Waals surface area contributed by atoms with Gasteiger partial charge in [0.2, 0.25) is 0 Å². The maximum Gasteiger partial charge on any atom is 0.264 e. The molecule has 0 fully saturated rings. The monoisotopic (exact) mass is 368 g/mol. The lowest BCUT2D eigenvalue weighted by Gasteiger charge is -2.25. The lowest BCUT2D eigenvalue weighted by Crippen LogP contribution is -2.35. The van der Waals surface area contributed by atoms with Crippen LogP contribution < -0.4 is 14.1 Å². The fourth-order valence-electron chi connectivity index (χ4n) is 2.08. The van der Waals surface area contributed by atoms with Gasteiger partial charge in [-0.15, -0.1) is 0 Å². The van der Waals surface area contributed by atoms with Gasteiger partial charge in [0.05, 0.1) is 17.7 Å². The summed E-state index contributed by atoms with van der Waals surface area (Å²) < 4.78 is 31.8. The van der Waals surface area contributed by atoms with E-state index in [4.69, 9.17) is 16.3 Å². The highest BCUT2D eigenvalue weighted by Crippen LogP contribution is 2.27. The molecule has 2 rings (SSSR count). The van der Waals surface area contributed by atoms with E-state index in [0.29, 0.717) is 11.4 Å². The number of carbonyl (C=O) groups excluding carboxylic acids is 1. The van der Waals surface area contributed by atoms with Gasteiger partial charge in [-0.05, 0) is 42.5 Å². The van der Waals surface area contributed by atoms with E-state index >= 15 is 0 Å². The summed E-state index contributed by atoms with van der Waals surface area (Å²) in [5, 5.41) is 11.0. The minimum atomic E-state index is -3.97. The lowest BCUT2D eigenvalue weighted by molar-refractivity contribution is -0.305. The summed E-state index contributed by atoms with van der Waals surface area (Å²) in [6.45, 7) is -0.260. The van der Waals surface area contributed by atoms with Gasteiger partial charge in [-0.3, -0.25) is 4.31 Å². The number of carboxylic acid groups (broad SMARTS) is 1. The first-order chi connectivity index (χ1) is 11.3. The van der Waals surface area contributed by atoms with Crippen molar-refractivity contribution in [2.75, 3.05) is 18.0 Å². The Morgan fingerprint density at radius 2 is 1.88 bits per heavy atom. The third kappa shape index (κ3) is 4.18. The fraction of sp³-hybridized carbons (Fsp3) is 0.188. The molecule has 0 aliphatic rings. The van der Waals surface area contributed by atoms with Gasteiger partial charge in [0.25, 0.3) is 10.0 Å². The molecule has 0 atom stereocenters. The van der Waals surface area contributed by atoms with Crippen LogP contribution in [0.3, 0.4) is 0 Å². The maximum atomic E-state index is 12.9. The Labute approximate surface area is 145 Å². The van der Waals surface area contributed by atoms with E-state index in [2.05, 4.69) is 0 Å². The molecule has 128 valence electrons. The second kappa shape index (κ2) is 7.55. The van der Waals surface area contributed by atoms with Crippen molar-refractivity contribution in [1.29, 1.82) is 0 Å². The number of hydrogen-bond acceptors (Lipinski definition) is 5. The predicted molar refractivity (Wildman–Crippen MR) is 88.6 cm³/mol. The molecule has 8 heteroatoms. The number of ether oxygens (including phenoxy) is 1. The van der Waals surface area contributed by atoms with Crippen molar-refractivity contribution in [3.05, 3.63) is 53.6 Å². The molecule has 0 aromatic heterocycles. The average molecular weight is 369 g/mol. The van der Waals surface area contributed by atoms with E-state index in [0.717, 1.165) is 4.31 Å². The zero-order valence-electron chi connectivity index (χ0n) is 12.8. The molecule has 0 aliphatic heterocycles. The number of hydrogen-bond donors (Lipinski definition) is 0. The highest BCUT2D eigenvalue weighted by molar-refractivity contribution is 7.92. The molecule has 0 amide bonds. The first kappa shape index (κ1) is 18.1. The van der Waals surface area contributed by atoms with Gasteiger partial charge in [0.1, 0.15) is 5.75 Å². The molecular weight excluding hydrogens is 354 g/mol. The van der Waals surface area contributed by atoms with Crippen molar-refractivity contribution in [1.82, 2.24) is 0 Å². The van der Waals surface area contributed by atoms with Crippen LogP contribution in [-0.2, 0) is 14.8 Å². The maximum absolute atomic E-state index is 12.9. The van der Waals surface area contributed by atoms with Crippen LogP contribution in [-0.4, -0.2) is 28.0 Å². The molecule has 0 unspecified atom stereocenters. The molecule has 0 aliphatic carbocycles. The molecular formula is C16H15ClNO5S-. The topological polar surface area (TPSA) is 86.7 Å². The summed E-state index contributed by atoms with van der Waals surface area (Å²) in [4.78, 5) is 10.8. The first-order valence-corrected chi connectivity index (χ1v) is 8.78. The van der Waals surface area contributed by atoms with E-state index in [-0.39, 0.29) is 16.5 Å². The second-order valence-corrected chi connectivity index (χ2v) is 7.15. The summed E-state index contributed by atoms with van der Waals surface area (Å²) in [6.07, 6.45) is -0.439. The SMILES string of the molecule is COc1ccc(N(CCC(=O)[O-])S(=O)(=O)c2cccc(Cl)c2)cc1. The predicted octanol–water partition coefficient (Wildman–Crippen LogP) is 1.68. The van der Waals surface area contributed by atoms with Gasteiger partial charge < -0.3 is 14.6 Å². The van der Waals surface area contributed by atoms with Crippen LogP contribution in [0.25, 0.3) is 0 Å². The summed E-state index contributed by atoms with van der Waals surface area (Å²) in [5.41, 5.74) is 0.317. The van der Waals surface area contributed by atoms with Crippen LogP contribution in [0.1, 0.15) is 6.42 Å². The lowest BCUT2D eigenvalue weighted by atomic mass is 10.3. The Bertz CT molecular complexity index is 821. The van der Waals surface area contributed by atoms with Crippen molar-refractivity contribution in [2.45, 2.75) is 11.3 Å². The summed E-state index contributed by atoms with van der Waals surface area (Å²) in [6, 6.07) is 12.0. The summed E-state index contributed by atoms with van der Waals surface area (Å²) in [7, 11) is -2.48. The van der Waals surface area contributed by atoms with Crippen molar-refractivity contribution in [3.8, 4) is 5.75 Å². The molecule has 24 heavy (non-hydrogen) atoms. The molecule has 2 aromatic rings. The van der Waals surface area contributed by atoms with Crippen molar-refractivity contribution >= 4 is 33.3 Å². The first-order valence-electron chi connectivity index (χ1n) is 6.97. The number of halogens is 1. The van der Waals surface area contributed by atoms with E-state index < -0.39 is 22.4 Å². The molecule has 0 spiro atoms. The molecule has 6 nitrogen and oxygen atoms in total. The van der Waals surface area contributed by atoms with Crippen LogP contribution in [0.5, 0.6) is 5.75 Å². The Balaban J connectivity index is 2.45. The highest BCUT2D eigenvalue weighted by atomic mass is 35.5. The highest BCUT2D eigenvalue weighted by Gasteiger charge is 2.25. The molecule has 0 bridgehead atoms. The molecule has 0 radical (unpaired) electrons. The standard InChI is InChI=1S/C16H16ClNO5S/c1-23-14-7-5-13(6-8-14)18(10-9-16(19)20)24(21,22)15-4-2-3-12(17)11-15/h2-8,11H,9-10H2,1H3,(H,19,20)/p-1. The Hall–Kier alpha value is -2.25. The number of nitrogens with zero attached hydrogens (tertiary/aromatic N) is 1. The largest absolute Gasteiger partial charge is 0.550 e. The van der Waals surface area contributed by atoms with E-state index in [1.165, 1.54) is 37.4 Å². The number of sulfonamides is 1. The number of methoxy groups -OCH3 is 1. The minimum Gasteiger partial charge on any atom is -0.550 e. The number of benzene rings is 2. The molecule has 0 heterocycles. The Morgan fingerprint density at radius 1 is 1.21 bits per heavy atom. The minimum absolute atomic E-state index is 0.0239. The van der Waals surface area contributed by atoms with Crippen LogP contribution in [0, 0.1) is 0 Å². The molecule has 0 saturated carbocycles. The number of rotatable bonds is 7. The van der Waals surface area contributed by atoms with Crippen molar-refractivity contribution in [2.24, 2.45) is 0 Å². The van der Waals surface area contributed by atoms with Crippen LogP contribution >= 0.6 is 11.6 Å². The summed E-state index contributed by atoms with van der Waals surface area (Å²) >= 11 is 5.87. The van der Waals surface area contributed by atoms with Gasteiger partial charge in [-0.1, -0.05) is 17.7 Å². The third-order valence-corrected chi connectivity index (χ3v) is 5.32. The van der Waals surface area contributed by atoms with Gasteiger partial charge in [-0.25, -0.2) is 8.42 Å². The van der Waals surface area contributed by atoms with Crippen LogP contribution in [0.4, 0.5) is 5.69 Å². The van der Waals surface area contributed by atoms with Gasteiger partial charge in [0, 0.05) is 24.0 Å². The second-order valence-electron chi connectivity index (χ2n) is 4.85. The van der Waals surface area contributed by atoms with Gasteiger partial charge in [0.15, 0.2) is 0 Å². The van der Waals surface area contributed by atoms with E-state index in [9.17, 15) is 18.3 Å². The number of aliphatic carboxylic acids is 1. The quantitative estimate of drug-likeness (QED) is 0.742. The molecule has 0 N–H and O–H groups in total. The van der Waals surface area contributed by atoms with E-state index in [1.54, 1.807) is 18.2 Å². The van der Waals surface area contributed by atoms with Crippen molar-refractivity contribution < 1.29 is 23.1 Å². The fourth-order valence-corrected chi connectivity index (χ4v) is 3.85. The van der Waals surface area contributed by atoms with Crippen molar-refractivity contribution in [3.63, 3.8) is 0 Å². The number of carbonyl (C=O) groups is 1. The normalized spacial score (nSPS) is 11.1. The van der Waals surface area contributed by atoms with Crippen LogP contribution in [0.15, 0.2) is 53.4 Å². The number of carboxylic acids is 1. The Kier molecular flexibility index (Phi) is 5.69. The zero-order chi connectivity index (χ0) is 17.7. The van der Waals surface area contributed by atoms with Gasteiger partial charge in [-0.2, -0.15) is 0 Å². The Morgan fingerprint density at radius 3 is 2.42 bits per heavy atom. The third-order valence-electron chi connectivity index (χ3n) is 3.26. The summed E-state index contributed by atoms with van der Waals surface area (Å²) in [5.74, 6) is -0.784. The van der Waals surface area contributed by atoms with E-state index in [1.807, 2.05) is 0 Å². The average Bonchev–Trinajstić information content (AvgIpc) is 2.55.